The number of anilines is 2. The molecule has 0 aromatic heterocycles. The van der Waals surface area contributed by atoms with E-state index in [4.69, 9.17) is 4.74 Å². The Morgan fingerprint density at radius 3 is 2.48 bits per heavy atom. The quantitative estimate of drug-likeness (QED) is 0.570. The van der Waals surface area contributed by atoms with Crippen molar-refractivity contribution in [3.05, 3.63) is 63.7 Å². The van der Waals surface area contributed by atoms with Gasteiger partial charge in [-0.25, -0.2) is 0 Å². The van der Waals surface area contributed by atoms with Crippen LogP contribution in [0.3, 0.4) is 0 Å². The van der Waals surface area contributed by atoms with E-state index < -0.39 is 4.92 Å². The smallest absolute Gasteiger partial charge is 0.270 e. The molecule has 1 fully saturated rings. The average molecular weight is 398 g/mol. The van der Waals surface area contributed by atoms with Crippen LogP contribution in [0, 0.1) is 10.1 Å². The molecule has 1 N–H and O–H groups in total. The number of ether oxygens (including phenoxy) is 1. The zero-order valence-corrected chi connectivity index (χ0v) is 16.8. The third-order valence-corrected chi connectivity index (χ3v) is 4.95. The van der Waals surface area contributed by atoms with Gasteiger partial charge in [0, 0.05) is 57.2 Å². The average Bonchev–Trinajstić information content (AvgIpc) is 2.73. The molecule has 1 heterocycles. The maximum atomic E-state index is 12.8. The number of carbonyl (C=O) groups is 1. The first-order valence-electron chi connectivity index (χ1n) is 9.60. The highest BCUT2D eigenvalue weighted by Gasteiger charge is 2.18. The van der Waals surface area contributed by atoms with Gasteiger partial charge in [0.25, 0.3) is 11.6 Å². The Morgan fingerprint density at radius 2 is 1.86 bits per heavy atom. The summed E-state index contributed by atoms with van der Waals surface area (Å²) in [6.45, 7) is 4.49. The molecular weight excluding hydrogens is 372 g/mol. The Bertz CT molecular complexity index is 861. The number of nitro groups is 1. The van der Waals surface area contributed by atoms with Crippen molar-refractivity contribution in [1.82, 2.24) is 4.90 Å². The summed E-state index contributed by atoms with van der Waals surface area (Å²) >= 11 is 0. The van der Waals surface area contributed by atoms with Gasteiger partial charge in [0.1, 0.15) is 0 Å². The lowest BCUT2D eigenvalue weighted by Crippen LogP contribution is -2.37. The van der Waals surface area contributed by atoms with E-state index in [-0.39, 0.29) is 17.2 Å². The van der Waals surface area contributed by atoms with Crippen LogP contribution < -0.4 is 10.2 Å². The molecule has 1 amide bonds. The predicted molar refractivity (Wildman–Crippen MR) is 113 cm³/mol. The fourth-order valence-corrected chi connectivity index (χ4v) is 3.27. The third kappa shape index (κ3) is 5.52. The minimum atomic E-state index is -0.501. The minimum absolute atomic E-state index is 0.112. The monoisotopic (exact) mass is 398 g/mol. The molecule has 0 bridgehead atoms. The van der Waals surface area contributed by atoms with Crippen molar-refractivity contribution in [3.63, 3.8) is 0 Å². The van der Waals surface area contributed by atoms with Crippen molar-refractivity contribution < 1.29 is 14.5 Å². The van der Waals surface area contributed by atoms with E-state index in [0.717, 1.165) is 39.3 Å². The molecular formula is C21H26N4O4. The highest BCUT2D eigenvalue weighted by Crippen LogP contribution is 2.25. The number of amides is 1. The molecule has 8 heteroatoms. The molecule has 2 aromatic rings. The van der Waals surface area contributed by atoms with Crippen LogP contribution in [0.5, 0.6) is 0 Å². The lowest BCUT2D eigenvalue weighted by Gasteiger charge is -2.26. The molecule has 3 rings (SSSR count). The lowest BCUT2D eigenvalue weighted by molar-refractivity contribution is -0.384. The van der Waals surface area contributed by atoms with Crippen LogP contribution in [-0.4, -0.2) is 62.7 Å². The first-order valence-corrected chi connectivity index (χ1v) is 9.60. The van der Waals surface area contributed by atoms with Crippen molar-refractivity contribution in [2.75, 3.05) is 57.2 Å². The number of hydrogen-bond donors (Lipinski definition) is 1. The van der Waals surface area contributed by atoms with Gasteiger partial charge in [-0.3, -0.25) is 19.8 Å². The number of rotatable bonds is 7. The topological polar surface area (TPSA) is 87.9 Å². The van der Waals surface area contributed by atoms with Crippen molar-refractivity contribution in [2.45, 2.75) is 6.42 Å². The molecule has 0 aliphatic carbocycles. The summed E-state index contributed by atoms with van der Waals surface area (Å²) in [6, 6.07) is 12.0. The molecule has 1 aliphatic heterocycles. The van der Waals surface area contributed by atoms with Crippen molar-refractivity contribution in [2.24, 2.45) is 0 Å². The number of nitro benzene ring substituents is 1. The van der Waals surface area contributed by atoms with Crippen LogP contribution in [0.2, 0.25) is 0 Å². The summed E-state index contributed by atoms with van der Waals surface area (Å²) in [7, 11) is 3.59. The molecule has 2 aromatic carbocycles. The van der Waals surface area contributed by atoms with E-state index in [1.54, 1.807) is 25.1 Å². The van der Waals surface area contributed by atoms with Gasteiger partial charge in [-0.1, -0.05) is 12.1 Å². The van der Waals surface area contributed by atoms with Crippen LogP contribution in [0.1, 0.15) is 15.9 Å². The Morgan fingerprint density at radius 1 is 1.17 bits per heavy atom. The second kappa shape index (κ2) is 9.49. The summed E-state index contributed by atoms with van der Waals surface area (Å²) in [4.78, 5) is 27.5. The highest BCUT2D eigenvalue weighted by atomic mass is 16.6. The number of nitrogens with zero attached hydrogens (tertiary/aromatic N) is 3. The van der Waals surface area contributed by atoms with Crippen LogP contribution >= 0.6 is 0 Å². The molecule has 8 nitrogen and oxygen atoms in total. The SMILES string of the molecule is CN(C)c1ccc([N+](=O)[O-])cc1C(=O)Nc1ccc(CCN2CCOCC2)cc1. The molecule has 154 valence electrons. The van der Waals surface area contributed by atoms with Gasteiger partial charge in [-0.15, -0.1) is 0 Å². The Balaban J connectivity index is 1.66. The minimum Gasteiger partial charge on any atom is -0.379 e. The highest BCUT2D eigenvalue weighted by molar-refractivity contribution is 6.08. The summed E-state index contributed by atoms with van der Waals surface area (Å²) < 4.78 is 5.36. The molecule has 0 saturated carbocycles. The number of carbonyl (C=O) groups excluding carboxylic acids is 1. The number of hydrogen-bond acceptors (Lipinski definition) is 6. The van der Waals surface area contributed by atoms with Gasteiger partial charge in [-0.2, -0.15) is 0 Å². The third-order valence-electron chi connectivity index (χ3n) is 4.95. The second-order valence-electron chi connectivity index (χ2n) is 7.21. The summed E-state index contributed by atoms with van der Waals surface area (Å²) in [6.07, 6.45) is 0.934. The molecule has 29 heavy (non-hydrogen) atoms. The standard InChI is InChI=1S/C21H26N4O4/c1-23(2)20-8-7-18(25(27)28)15-19(20)21(26)22-17-5-3-16(4-6-17)9-10-24-11-13-29-14-12-24/h3-8,15H,9-14H2,1-2H3,(H,22,26). The molecule has 1 saturated heterocycles. The largest absolute Gasteiger partial charge is 0.379 e. The Hall–Kier alpha value is -2.97. The van der Waals surface area contributed by atoms with Gasteiger partial charge in [-0.05, 0) is 30.2 Å². The van der Waals surface area contributed by atoms with Crippen LogP contribution in [0.4, 0.5) is 17.1 Å². The summed E-state index contributed by atoms with van der Waals surface area (Å²) in [5.41, 5.74) is 2.62. The summed E-state index contributed by atoms with van der Waals surface area (Å²) in [5.74, 6) is -0.376. The fraction of sp³-hybridized carbons (Fsp3) is 0.381. The van der Waals surface area contributed by atoms with Gasteiger partial charge < -0.3 is 15.0 Å². The van der Waals surface area contributed by atoms with E-state index in [2.05, 4.69) is 10.2 Å². The van der Waals surface area contributed by atoms with Gasteiger partial charge in [0.2, 0.25) is 0 Å². The van der Waals surface area contributed by atoms with E-state index in [1.165, 1.54) is 17.7 Å². The van der Waals surface area contributed by atoms with Gasteiger partial charge in [0.15, 0.2) is 0 Å². The van der Waals surface area contributed by atoms with E-state index in [9.17, 15) is 14.9 Å². The van der Waals surface area contributed by atoms with Crippen LogP contribution in [-0.2, 0) is 11.2 Å². The maximum Gasteiger partial charge on any atom is 0.270 e. The first-order chi connectivity index (χ1) is 13.9. The number of nitrogens with one attached hydrogen (secondary N) is 1. The van der Waals surface area contributed by atoms with E-state index in [1.807, 2.05) is 24.3 Å². The first kappa shape index (κ1) is 20.8. The maximum absolute atomic E-state index is 12.8. The molecule has 0 atom stereocenters. The Labute approximate surface area is 170 Å². The van der Waals surface area contributed by atoms with E-state index in [0.29, 0.717) is 11.4 Å². The molecule has 0 radical (unpaired) electrons. The van der Waals surface area contributed by atoms with Crippen molar-refractivity contribution >= 4 is 23.0 Å². The number of morpholine rings is 1. The van der Waals surface area contributed by atoms with Crippen LogP contribution in [0.15, 0.2) is 42.5 Å². The Kier molecular flexibility index (Phi) is 6.79. The molecule has 0 unspecified atom stereocenters. The lowest BCUT2D eigenvalue weighted by atomic mass is 10.1. The normalized spacial score (nSPS) is 14.4. The fourth-order valence-electron chi connectivity index (χ4n) is 3.27. The number of non-ortho nitro benzene ring substituents is 1. The molecule has 1 aliphatic rings. The predicted octanol–water partition coefficient (Wildman–Crippen LogP) is 2.79. The van der Waals surface area contributed by atoms with Gasteiger partial charge >= 0.3 is 0 Å². The van der Waals surface area contributed by atoms with E-state index >= 15 is 0 Å². The second-order valence-corrected chi connectivity index (χ2v) is 7.21. The van der Waals surface area contributed by atoms with Crippen molar-refractivity contribution in [1.29, 1.82) is 0 Å². The van der Waals surface area contributed by atoms with Gasteiger partial charge in [0.05, 0.1) is 23.7 Å². The number of benzene rings is 2. The zero-order chi connectivity index (χ0) is 20.8. The molecule has 0 spiro atoms. The van der Waals surface area contributed by atoms with Crippen LogP contribution in [0.25, 0.3) is 0 Å². The van der Waals surface area contributed by atoms with Crippen molar-refractivity contribution in [3.8, 4) is 0 Å². The summed E-state index contributed by atoms with van der Waals surface area (Å²) in [5, 5.41) is 13.9. The zero-order valence-electron chi connectivity index (χ0n) is 16.8.